The van der Waals surface area contributed by atoms with Crippen molar-refractivity contribution in [2.45, 2.75) is 13.3 Å². The van der Waals surface area contributed by atoms with E-state index in [2.05, 4.69) is 17.1 Å². The molecule has 0 bridgehead atoms. The second-order valence-electron chi connectivity index (χ2n) is 5.00. The van der Waals surface area contributed by atoms with E-state index in [-0.39, 0.29) is 11.3 Å². The first-order chi connectivity index (χ1) is 9.65. The summed E-state index contributed by atoms with van der Waals surface area (Å²) in [5.41, 5.74) is 0.408. The third-order valence-electron chi connectivity index (χ3n) is 3.74. The maximum atomic E-state index is 11.1. The molecule has 0 saturated carbocycles. The van der Waals surface area contributed by atoms with Crippen molar-refractivity contribution in [1.29, 1.82) is 5.26 Å². The molecule has 1 atom stereocenters. The summed E-state index contributed by atoms with van der Waals surface area (Å²) >= 11 is 0. The zero-order chi connectivity index (χ0) is 14.5. The van der Waals surface area contributed by atoms with E-state index in [1.54, 1.807) is 12.1 Å². The Labute approximate surface area is 118 Å². The van der Waals surface area contributed by atoms with Crippen molar-refractivity contribution < 1.29 is 4.92 Å². The fraction of sp³-hybridized carbons (Fsp3) is 0.500. The summed E-state index contributed by atoms with van der Waals surface area (Å²) in [5.74, 6) is 0.500. The molecule has 1 unspecified atom stereocenters. The molecule has 1 saturated heterocycles. The molecule has 1 heterocycles. The second-order valence-corrected chi connectivity index (χ2v) is 5.00. The number of hydrogen-bond acceptors (Lipinski definition) is 5. The van der Waals surface area contributed by atoms with Gasteiger partial charge in [-0.3, -0.25) is 10.1 Å². The molecule has 0 amide bonds. The Morgan fingerprint density at radius 1 is 1.60 bits per heavy atom. The van der Waals surface area contributed by atoms with E-state index >= 15 is 0 Å². The van der Waals surface area contributed by atoms with Crippen molar-refractivity contribution in [2.24, 2.45) is 5.92 Å². The average Bonchev–Trinajstić information content (AvgIpc) is 2.92. The number of benzene rings is 1. The number of nitrogens with one attached hydrogen (secondary N) is 1. The number of nitrogens with zero attached hydrogens (tertiary/aromatic N) is 3. The Hall–Kier alpha value is -2.13. The third-order valence-corrected chi connectivity index (χ3v) is 3.74. The summed E-state index contributed by atoms with van der Waals surface area (Å²) in [5, 5.41) is 23.2. The summed E-state index contributed by atoms with van der Waals surface area (Å²) in [7, 11) is 0. The Bertz CT molecular complexity index is 538. The number of hydrogen-bond donors (Lipinski definition) is 1. The van der Waals surface area contributed by atoms with Crippen molar-refractivity contribution in [1.82, 2.24) is 4.90 Å². The van der Waals surface area contributed by atoms with Crippen molar-refractivity contribution >= 4 is 11.4 Å². The maximum absolute atomic E-state index is 11.1. The lowest BCUT2D eigenvalue weighted by atomic mass is 10.1. The van der Waals surface area contributed by atoms with Crippen LogP contribution in [0.3, 0.4) is 0 Å². The number of para-hydroxylation sites is 1. The molecule has 1 aromatic carbocycles. The standard InChI is InChI=1S/C14H18N4O2/c1-2-17-7-6-11(10-17)9-16-13-5-3-4-12(8-15)14(13)18(19)20/h3-5,11,16H,2,6-7,9-10H2,1H3. The summed E-state index contributed by atoms with van der Waals surface area (Å²) in [6, 6.07) is 6.67. The molecule has 1 aliphatic heterocycles. The fourth-order valence-corrected chi connectivity index (χ4v) is 2.59. The lowest BCUT2D eigenvalue weighted by Gasteiger charge is -2.14. The van der Waals surface area contributed by atoms with Crippen LogP contribution in [0.5, 0.6) is 0 Å². The fourth-order valence-electron chi connectivity index (χ4n) is 2.59. The molecule has 20 heavy (non-hydrogen) atoms. The molecular weight excluding hydrogens is 256 g/mol. The highest BCUT2D eigenvalue weighted by Gasteiger charge is 2.23. The van der Waals surface area contributed by atoms with Crippen LogP contribution in [0.1, 0.15) is 18.9 Å². The van der Waals surface area contributed by atoms with Gasteiger partial charge < -0.3 is 10.2 Å². The van der Waals surface area contributed by atoms with Crippen LogP contribution >= 0.6 is 0 Å². The molecule has 1 aromatic rings. The molecule has 1 N–H and O–H groups in total. The highest BCUT2D eigenvalue weighted by molar-refractivity contribution is 5.68. The molecule has 0 spiro atoms. The number of likely N-dealkylation sites (tertiary alicyclic amines) is 1. The number of nitro groups is 1. The molecule has 106 valence electrons. The SMILES string of the molecule is CCN1CCC(CNc2cccc(C#N)c2[N+](=O)[O-])C1. The van der Waals surface area contributed by atoms with Gasteiger partial charge in [0.05, 0.1) is 4.92 Å². The Morgan fingerprint density at radius 3 is 3.00 bits per heavy atom. The van der Waals surface area contributed by atoms with Gasteiger partial charge >= 0.3 is 5.69 Å². The molecule has 0 aliphatic carbocycles. The summed E-state index contributed by atoms with van der Waals surface area (Å²) in [6.07, 6.45) is 1.10. The van der Waals surface area contributed by atoms with Gasteiger partial charge in [-0.25, -0.2) is 0 Å². The summed E-state index contributed by atoms with van der Waals surface area (Å²) in [4.78, 5) is 13.0. The first kappa shape index (κ1) is 14.3. The van der Waals surface area contributed by atoms with E-state index in [4.69, 9.17) is 5.26 Å². The molecule has 0 aromatic heterocycles. The van der Waals surface area contributed by atoms with Crippen LogP contribution in [-0.2, 0) is 0 Å². The van der Waals surface area contributed by atoms with E-state index in [0.29, 0.717) is 18.2 Å². The van der Waals surface area contributed by atoms with Gasteiger partial charge in [-0.15, -0.1) is 0 Å². The molecule has 1 aliphatic rings. The topological polar surface area (TPSA) is 82.2 Å². The number of nitro benzene ring substituents is 1. The molecule has 6 heteroatoms. The van der Waals surface area contributed by atoms with E-state index in [9.17, 15) is 10.1 Å². The molecular formula is C14H18N4O2. The van der Waals surface area contributed by atoms with Gasteiger partial charge in [-0.05, 0) is 37.6 Å². The summed E-state index contributed by atoms with van der Waals surface area (Å²) in [6.45, 7) is 5.99. The van der Waals surface area contributed by atoms with Gasteiger partial charge in [-0.2, -0.15) is 5.26 Å². The lowest BCUT2D eigenvalue weighted by Crippen LogP contribution is -2.22. The zero-order valence-electron chi connectivity index (χ0n) is 11.5. The smallest absolute Gasteiger partial charge is 0.309 e. The second kappa shape index (κ2) is 6.35. The highest BCUT2D eigenvalue weighted by Crippen LogP contribution is 2.28. The van der Waals surface area contributed by atoms with Gasteiger partial charge in [0.15, 0.2) is 0 Å². The third kappa shape index (κ3) is 3.06. The normalized spacial score (nSPS) is 18.7. The lowest BCUT2D eigenvalue weighted by molar-refractivity contribution is -0.384. The van der Waals surface area contributed by atoms with Gasteiger partial charge in [0.1, 0.15) is 17.3 Å². The number of rotatable bonds is 5. The molecule has 0 radical (unpaired) electrons. The average molecular weight is 274 g/mol. The van der Waals surface area contributed by atoms with Crippen LogP contribution in [0.25, 0.3) is 0 Å². The predicted molar refractivity (Wildman–Crippen MR) is 76.5 cm³/mol. The van der Waals surface area contributed by atoms with E-state index in [1.165, 1.54) is 6.07 Å². The molecule has 1 fully saturated rings. The van der Waals surface area contributed by atoms with E-state index in [0.717, 1.165) is 26.1 Å². The maximum Gasteiger partial charge on any atom is 0.309 e. The Kier molecular flexibility index (Phi) is 4.53. The van der Waals surface area contributed by atoms with Crippen LogP contribution in [0.15, 0.2) is 18.2 Å². The highest BCUT2D eigenvalue weighted by atomic mass is 16.6. The minimum Gasteiger partial charge on any atom is -0.379 e. The predicted octanol–water partition coefficient (Wildman–Crippen LogP) is 2.22. The summed E-state index contributed by atoms with van der Waals surface area (Å²) < 4.78 is 0. The van der Waals surface area contributed by atoms with Crippen LogP contribution in [0.4, 0.5) is 11.4 Å². The molecule has 2 rings (SSSR count). The van der Waals surface area contributed by atoms with Crippen molar-refractivity contribution in [3.8, 4) is 6.07 Å². The van der Waals surface area contributed by atoms with Gasteiger partial charge in [0, 0.05) is 13.1 Å². The van der Waals surface area contributed by atoms with E-state index in [1.807, 2.05) is 6.07 Å². The number of nitriles is 1. The van der Waals surface area contributed by atoms with Crippen molar-refractivity contribution in [3.05, 3.63) is 33.9 Å². The largest absolute Gasteiger partial charge is 0.379 e. The minimum atomic E-state index is -0.492. The van der Waals surface area contributed by atoms with Crippen LogP contribution in [0.2, 0.25) is 0 Å². The van der Waals surface area contributed by atoms with Gasteiger partial charge in [-0.1, -0.05) is 13.0 Å². The Balaban J connectivity index is 2.07. The van der Waals surface area contributed by atoms with Gasteiger partial charge in [0.25, 0.3) is 0 Å². The van der Waals surface area contributed by atoms with Crippen LogP contribution < -0.4 is 5.32 Å². The molecule has 6 nitrogen and oxygen atoms in total. The van der Waals surface area contributed by atoms with E-state index < -0.39 is 4.92 Å². The minimum absolute atomic E-state index is 0.0987. The first-order valence-corrected chi connectivity index (χ1v) is 6.79. The van der Waals surface area contributed by atoms with Gasteiger partial charge in [0.2, 0.25) is 0 Å². The van der Waals surface area contributed by atoms with Crippen molar-refractivity contribution in [2.75, 3.05) is 31.5 Å². The first-order valence-electron chi connectivity index (χ1n) is 6.79. The number of anilines is 1. The zero-order valence-corrected chi connectivity index (χ0v) is 11.5. The quantitative estimate of drug-likeness (QED) is 0.657. The monoisotopic (exact) mass is 274 g/mol. The van der Waals surface area contributed by atoms with Crippen LogP contribution in [-0.4, -0.2) is 36.0 Å². The van der Waals surface area contributed by atoms with Crippen molar-refractivity contribution in [3.63, 3.8) is 0 Å². The van der Waals surface area contributed by atoms with Crippen LogP contribution in [0, 0.1) is 27.4 Å². The Morgan fingerprint density at radius 2 is 2.40 bits per heavy atom.